The molecule has 0 aliphatic heterocycles. The van der Waals surface area contributed by atoms with E-state index in [9.17, 15) is 13.2 Å². The van der Waals surface area contributed by atoms with Crippen LogP contribution < -0.4 is 9.73 Å². The molecule has 188 valence electrons. The number of hydrazone groups is 1. The van der Waals surface area contributed by atoms with Gasteiger partial charge in [-0.15, -0.1) is 0 Å². The van der Waals surface area contributed by atoms with Crippen molar-refractivity contribution < 1.29 is 13.2 Å². The number of halogens is 2. The van der Waals surface area contributed by atoms with Crippen LogP contribution >= 0.6 is 27.5 Å². The van der Waals surface area contributed by atoms with Crippen LogP contribution in [-0.2, 0) is 16.6 Å². The predicted octanol–water partition coefficient (Wildman–Crippen LogP) is 6.57. The smallest absolute Gasteiger partial charge is 0.267 e. The fourth-order valence-corrected chi connectivity index (χ4v) is 5.60. The summed E-state index contributed by atoms with van der Waals surface area (Å²) in [5.41, 5.74) is 5.34. The zero-order valence-corrected chi connectivity index (χ0v) is 23.0. The highest BCUT2D eigenvalue weighted by Gasteiger charge is 2.28. The van der Waals surface area contributed by atoms with Crippen LogP contribution in [0.5, 0.6) is 0 Å². The van der Waals surface area contributed by atoms with Gasteiger partial charge >= 0.3 is 0 Å². The Morgan fingerprint density at radius 3 is 2.38 bits per heavy atom. The number of benzene rings is 4. The van der Waals surface area contributed by atoms with E-state index in [0.717, 1.165) is 15.6 Å². The predicted molar refractivity (Wildman–Crippen MR) is 152 cm³/mol. The Morgan fingerprint density at radius 1 is 0.973 bits per heavy atom. The number of para-hydroxylation sites is 1. The van der Waals surface area contributed by atoms with Crippen LogP contribution in [0.25, 0.3) is 0 Å². The molecule has 0 aromatic heterocycles. The van der Waals surface area contributed by atoms with Gasteiger partial charge in [0.1, 0.15) is 0 Å². The van der Waals surface area contributed by atoms with E-state index in [1.54, 1.807) is 72.8 Å². The Kier molecular flexibility index (Phi) is 8.43. The average Bonchev–Trinajstić information content (AvgIpc) is 2.88. The summed E-state index contributed by atoms with van der Waals surface area (Å²) in [6.07, 6.45) is 1.51. The first-order valence-corrected chi connectivity index (χ1v) is 13.9. The van der Waals surface area contributed by atoms with E-state index in [0.29, 0.717) is 10.6 Å². The van der Waals surface area contributed by atoms with Crippen molar-refractivity contribution in [1.82, 2.24) is 5.43 Å². The minimum Gasteiger partial charge on any atom is -0.267 e. The monoisotopic (exact) mass is 595 g/mol. The van der Waals surface area contributed by atoms with Crippen LogP contribution in [0.4, 0.5) is 5.69 Å². The molecule has 4 rings (SSSR count). The SMILES string of the molecule is Cc1ccc(S(=O)(=O)N(Cc2ccc(Cl)cc2)c2ccccc2C(=O)N/N=C\c2cccc(Br)c2)cc1. The van der Waals surface area contributed by atoms with Gasteiger partial charge in [-0.3, -0.25) is 9.10 Å². The summed E-state index contributed by atoms with van der Waals surface area (Å²) in [5, 5.41) is 4.60. The molecule has 0 saturated carbocycles. The topological polar surface area (TPSA) is 78.8 Å². The number of rotatable bonds is 8. The van der Waals surface area contributed by atoms with Gasteiger partial charge in [0.05, 0.1) is 28.9 Å². The number of hydrogen-bond donors (Lipinski definition) is 1. The number of nitrogens with zero attached hydrogens (tertiary/aromatic N) is 2. The Hall–Kier alpha value is -3.46. The molecule has 0 aliphatic carbocycles. The van der Waals surface area contributed by atoms with Crippen molar-refractivity contribution in [1.29, 1.82) is 0 Å². The van der Waals surface area contributed by atoms with Gasteiger partial charge in [-0.1, -0.05) is 81.6 Å². The second-order valence-corrected chi connectivity index (χ2v) is 11.4. The summed E-state index contributed by atoms with van der Waals surface area (Å²) in [5.74, 6) is -0.540. The molecule has 4 aromatic carbocycles. The van der Waals surface area contributed by atoms with Crippen molar-refractivity contribution in [2.45, 2.75) is 18.4 Å². The summed E-state index contributed by atoms with van der Waals surface area (Å²) in [7, 11) is -4.03. The number of nitrogens with one attached hydrogen (secondary N) is 1. The first kappa shape index (κ1) is 26.6. The molecule has 0 radical (unpaired) electrons. The number of anilines is 1. The van der Waals surface area contributed by atoms with E-state index in [-0.39, 0.29) is 22.7 Å². The summed E-state index contributed by atoms with van der Waals surface area (Å²) >= 11 is 9.43. The molecule has 0 aliphatic rings. The molecule has 0 bridgehead atoms. The number of sulfonamides is 1. The van der Waals surface area contributed by atoms with Crippen molar-refractivity contribution in [2.24, 2.45) is 5.10 Å². The molecule has 1 amide bonds. The molecule has 4 aromatic rings. The molecule has 0 unspecified atom stereocenters. The van der Waals surface area contributed by atoms with Crippen LogP contribution in [0.3, 0.4) is 0 Å². The summed E-state index contributed by atoms with van der Waals surface area (Å²) < 4.78 is 29.8. The van der Waals surface area contributed by atoms with Crippen molar-refractivity contribution in [3.63, 3.8) is 0 Å². The Labute approximate surface area is 229 Å². The number of carbonyl (C=O) groups excluding carboxylic acids is 1. The highest BCUT2D eigenvalue weighted by atomic mass is 79.9. The maximum atomic E-state index is 13.9. The van der Waals surface area contributed by atoms with Crippen LogP contribution in [0.1, 0.15) is 27.0 Å². The molecule has 0 fully saturated rings. The van der Waals surface area contributed by atoms with E-state index in [4.69, 9.17) is 11.6 Å². The lowest BCUT2D eigenvalue weighted by Crippen LogP contribution is -2.33. The standard InChI is InChI=1S/C28H23BrClN3O3S/c1-20-9-15-25(16-10-20)37(35,36)33(19-21-11-13-24(30)14-12-21)27-8-3-2-7-26(27)28(34)32-31-18-22-5-4-6-23(29)17-22/h2-18H,19H2,1H3,(H,32,34)/b31-18-. The minimum atomic E-state index is -4.03. The maximum Gasteiger partial charge on any atom is 0.273 e. The normalized spacial score (nSPS) is 11.4. The molecular formula is C28H23BrClN3O3S. The quantitative estimate of drug-likeness (QED) is 0.185. The van der Waals surface area contributed by atoms with E-state index in [2.05, 4.69) is 26.5 Å². The molecule has 6 nitrogen and oxygen atoms in total. The molecule has 1 N–H and O–H groups in total. The molecule has 0 spiro atoms. The molecule has 37 heavy (non-hydrogen) atoms. The van der Waals surface area contributed by atoms with Crippen molar-refractivity contribution >= 4 is 55.4 Å². The molecular weight excluding hydrogens is 574 g/mol. The Bertz CT molecular complexity index is 1540. The lowest BCUT2D eigenvalue weighted by Gasteiger charge is -2.26. The van der Waals surface area contributed by atoms with Gasteiger partial charge < -0.3 is 0 Å². The lowest BCUT2D eigenvalue weighted by atomic mass is 10.1. The average molecular weight is 597 g/mol. The van der Waals surface area contributed by atoms with Crippen molar-refractivity contribution in [2.75, 3.05) is 4.31 Å². The first-order chi connectivity index (χ1) is 17.7. The van der Waals surface area contributed by atoms with Crippen molar-refractivity contribution in [3.05, 3.63) is 129 Å². The largest absolute Gasteiger partial charge is 0.273 e. The highest BCUT2D eigenvalue weighted by Crippen LogP contribution is 2.30. The third-order valence-electron chi connectivity index (χ3n) is 5.49. The van der Waals surface area contributed by atoms with E-state index >= 15 is 0 Å². The van der Waals surface area contributed by atoms with Crippen LogP contribution in [0.15, 0.2) is 112 Å². The lowest BCUT2D eigenvalue weighted by molar-refractivity contribution is 0.0956. The van der Waals surface area contributed by atoms with Gasteiger partial charge in [0.15, 0.2) is 0 Å². The minimum absolute atomic E-state index is 0.00101. The van der Waals surface area contributed by atoms with E-state index in [1.165, 1.54) is 10.5 Å². The van der Waals surface area contributed by atoms with Gasteiger partial charge in [0, 0.05) is 9.50 Å². The Balaban J connectivity index is 1.71. The molecule has 0 saturated heterocycles. The number of aryl methyl sites for hydroxylation is 1. The molecule has 9 heteroatoms. The van der Waals surface area contributed by atoms with Gasteiger partial charge in [0.2, 0.25) is 0 Å². The zero-order valence-electron chi connectivity index (χ0n) is 19.8. The number of amides is 1. The van der Waals surface area contributed by atoms with Crippen LogP contribution in [-0.4, -0.2) is 20.5 Å². The van der Waals surface area contributed by atoms with Crippen LogP contribution in [0, 0.1) is 6.92 Å². The van der Waals surface area contributed by atoms with Gasteiger partial charge in [-0.25, -0.2) is 13.8 Å². The summed E-state index contributed by atoms with van der Waals surface area (Å²) in [6, 6.07) is 27.5. The van der Waals surface area contributed by atoms with E-state index < -0.39 is 15.9 Å². The van der Waals surface area contributed by atoms with Gasteiger partial charge in [0.25, 0.3) is 15.9 Å². The third kappa shape index (κ3) is 6.65. The number of hydrogen-bond acceptors (Lipinski definition) is 4. The second kappa shape index (κ2) is 11.7. The maximum absolute atomic E-state index is 13.9. The van der Waals surface area contributed by atoms with E-state index in [1.807, 2.05) is 31.2 Å². The summed E-state index contributed by atoms with van der Waals surface area (Å²) in [6.45, 7) is 1.88. The van der Waals surface area contributed by atoms with Gasteiger partial charge in [-0.05, 0) is 66.6 Å². The fraction of sp³-hybridized carbons (Fsp3) is 0.0714. The Morgan fingerprint density at radius 2 is 1.68 bits per heavy atom. The summed E-state index contributed by atoms with van der Waals surface area (Å²) in [4.78, 5) is 13.3. The highest BCUT2D eigenvalue weighted by molar-refractivity contribution is 9.10. The van der Waals surface area contributed by atoms with Gasteiger partial charge in [-0.2, -0.15) is 5.10 Å². The van der Waals surface area contributed by atoms with Crippen molar-refractivity contribution in [3.8, 4) is 0 Å². The second-order valence-electron chi connectivity index (χ2n) is 8.22. The first-order valence-electron chi connectivity index (χ1n) is 11.3. The zero-order chi connectivity index (χ0) is 26.4. The fourth-order valence-electron chi connectivity index (χ4n) is 3.59. The molecule has 0 heterocycles. The number of carbonyl (C=O) groups is 1. The third-order valence-corrected chi connectivity index (χ3v) is 8.01. The molecule has 0 atom stereocenters. The van der Waals surface area contributed by atoms with Crippen LogP contribution in [0.2, 0.25) is 5.02 Å².